The second kappa shape index (κ2) is 9.18. The van der Waals surface area contributed by atoms with E-state index in [0.717, 1.165) is 31.7 Å². The van der Waals surface area contributed by atoms with Crippen LogP contribution < -0.4 is 10.2 Å². The number of para-hydroxylation sites is 1. The van der Waals surface area contributed by atoms with Gasteiger partial charge in [0, 0.05) is 33.2 Å². The Morgan fingerprint density at radius 1 is 1.30 bits per heavy atom. The quantitative estimate of drug-likeness (QED) is 0.750. The summed E-state index contributed by atoms with van der Waals surface area (Å²) in [5.74, 6) is 0.940. The van der Waals surface area contributed by atoms with Crippen LogP contribution in [0.5, 0.6) is 5.75 Å². The summed E-state index contributed by atoms with van der Waals surface area (Å²) < 4.78 is 9.89. The molecule has 1 aromatic carbocycles. The minimum atomic E-state index is -0.410. The van der Waals surface area contributed by atoms with Crippen molar-refractivity contribution in [1.29, 1.82) is 0 Å². The third kappa shape index (κ3) is 5.07. The molecule has 2 N–H and O–H groups in total. The maximum absolute atomic E-state index is 11.7. The van der Waals surface area contributed by atoms with Crippen molar-refractivity contribution in [3.63, 3.8) is 0 Å². The summed E-state index contributed by atoms with van der Waals surface area (Å²) in [6.07, 6.45) is 4.54. The molecule has 1 aromatic heterocycles. The van der Waals surface area contributed by atoms with Gasteiger partial charge in [0.2, 0.25) is 0 Å². The SMILES string of the molecule is COCCOC(=O)NC1CCN(c2cncc(-c3ccccc3O)n2)CC1.[HH]. The molecule has 27 heavy (non-hydrogen) atoms. The number of rotatable bonds is 6. The number of carbonyl (C=O) groups is 1. The lowest BCUT2D eigenvalue weighted by atomic mass is 10.1. The summed E-state index contributed by atoms with van der Waals surface area (Å²) in [7, 11) is 1.56. The number of alkyl carbamates (subject to hydrolysis) is 1. The van der Waals surface area contributed by atoms with Crippen LogP contribution in [0.2, 0.25) is 0 Å². The van der Waals surface area contributed by atoms with Gasteiger partial charge in [0.15, 0.2) is 0 Å². The Hall–Kier alpha value is -2.87. The normalized spacial score (nSPS) is 14.8. The maximum Gasteiger partial charge on any atom is 0.407 e. The topological polar surface area (TPSA) is 96.8 Å². The van der Waals surface area contributed by atoms with E-state index in [1.165, 1.54) is 0 Å². The average Bonchev–Trinajstić information content (AvgIpc) is 2.69. The van der Waals surface area contributed by atoms with E-state index in [1.807, 2.05) is 12.1 Å². The molecule has 0 aliphatic carbocycles. The van der Waals surface area contributed by atoms with Gasteiger partial charge in [-0.2, -0.15) is 0 Å². The first-order valence-corrected chi connectivity index (χ1v) is 8.95. The Labute approximate surface area is 159 Å². The Morgan fingerprint density at radius 2 is 2.07 bits per heavy atom. The molecule has 8 nitrogen and oxygen atoms in total. The molecule has 1 saturated heterocycles. The molecule has 0 radical (unpaired) electrons. The number of phenolic OH excluding ortho intramolecular Hbond substituents is 1. The predicted octanol–water partition coefficient (Wildman–Crippen LogP) is 2.44. The number of ether oxygens (including phenoxy) is 2. The Morgan fingerprint density at radius 3 is 2.81 bits per heavy atom. The molecule has 1 aliphatic rings. The first-order chi connectivity index (χ1) is 13.2. The molecule has 0 bridgehead atoms. The smallest absolute Gasteiger partial charge is 0.407 e. The van der Waals surface area contributed by atoms with E-state index in [4.69, 9.17) is 9.47 Å². The number of carbonyl (C=O) groups excluding carboxylic acids is 1. The Balaban J connectivity index is 0.00000280. The van der Waals surface area contributed by atoms with Crippen molar-refractivity contribution >= 4 is 11.9 Å². The molecule has 1 amide bonds. The fourth-order valence-corrected chi connectivity index (χ4v) is 3.01. The second-order valence-corrected chi connectivity index (χ2v) is 6.31. The van der Waals surface area contributed by atoms with Crippen LogP contribution in [0.3, 0.4) is 0 Å². The Bertz CT molecular complexity index is 769. The molecule has 2 heterocycles. The second-order valence-electron chi connectivity index (χ2n) is 6.31. The zero-order chi connectivity index (χ0) is 19.1. The summed E-state index contributed by atoms with van der Waals surface area (Å²) in [5.41, 5.74) is 1.29. The van der Waals surface area contributed by atoms with E-state index in [-0.39, 0.29) is 19.8 Å². The van der Waals surface area contributed by atoms with Crippen LogP contribution in [-0.2, 0) is 9.47 Å². The minimum Gasteiger partial charge on any atom is -0.507 e. The van der Waals surface area contributed by atoms with E-state index >= 15 is 0 Å². The minimum absolute atomic E-state index is 0. The van der Waals surface area contributed by atoms with Crippen molar-refractivity contribution in [3.05, 3.63) is 36.7 Å². The number of amides is 1. The number of aromatic hydroxyl groups is 1. The van der Waals surface area contributed by atoms with Crippen LogP contribution >= 0.6 is 0 Å². The molecule has 3 rings (SSSR count). The number of hydrogen-bond donors (Lipinski definition) is 2. The van der Waals surface area contributed by atoms with Crippen molar-refractivity contribution in [2.75, 3.05) is 38.3 Å². The highest BCUT2D eigenvalue weighted by Gasteiger charge is 2.22. The van der Waals surface area contributed by atoms with Gasteiger partial charge in [0.1, 0.15) is 18.2 Å². The van der Waals surface area contributed by atoms with Crippen LogP contribution in [0.1, 0.15) is 14.3 Å². The standard InChI is InChI=1S/C19H24N4O4.H2/c1-26-10-11-27-19(25)21-14-6-8-23(9-7-14)18-13-20-12-16(22-18)15-4-2-3-5-17(15)24;/h2-5,12-14,24H,6-11H2,1H3,(H,21,25);1H. The van der Waals surface area contributed by atoms with Crippen molar-refractivity contribution in [3.8, 4) is 17.0 Å². The fourth-order valence-electron chi connectivity index (χ4n) is 3.01. The maximum atomic E-state index is 11.7. The largest absolute Gasteiger partial charge is 0.507 e. The molecular weight excluding hydrogens is 348 g/mol. The number of nitrogens with one attached hydrogen (secondary N) is 1. The van der Waals surface area contributed by atoms with E-state index in [9.17, 15) is 9.90 Å². The number of aromatic nitrogens is 2. The van der Waals surface area contributed by atoms with Gasteiger partial charge in [-0.3, -0.25) is 4.98 Å². The van der Waals surface area contributed by atoms with Crippen molar-refractivity contribution in [2.24, 2.45) is 0 Å². The molecule has 1 fully saturated rings. The van der Waals surface area contributed by atoms with Crippen LogP contribution in [0, 0.1) is 0 Å². The number of anilines is 1. The molecule has 0 atom stereocenters. The molecule has 8 heteroatoms. The number of nitrogens with zero attached hydrogens (tertiary/aromatic N) is 3. The summed E-state index contributed by atoms with van der Waals surface area (Å²) in [5, 5.41) is 12.9. The number of benzene rings is 1. The van der Waals surface area contributed by atoms with Crippen LogP contribution in [0.4, 0.5) is 10.6 Å². The summed E-state index contributed by atoms with van der Waals surface area (Å²) in [4.78, 5) is 22.8. The van der Waals surface area contributed by atoms with E-state index < -0.39 is 6.09 Å². The van der Waals surface area contributed by atoms with Crippen LogP contribution in [-0.4, -0.2) is 60.6 Å². The van der Waals surface area contributed by atoms with Crippen molar-refractivity contribution < 1.29 is 20.8 Å². The molecule has 2 aromatic rings. The zero-order valence-electron chi connectivity index (χ0n) is 15.3. The van der Waals surface area contributed by atoms with E-state index in [0.29, 0.717) is 17.9 Å². The summed E-state index contributed by atoms with van der Waals surface area (Å²) >= 11 is 0. The summed E-state index contributed by atoms with van der Waals surface area (Å²) in [6.45, 7) is 2.14. The van der Waals surface area contributed by atoms with Crippen molar-refractivity contribution in [1.82, 2.24) is 15.3 Å². The van der Waals surface area contributed by atoms with Crippen LogP contribution in [0.25, 0.3) is 11.3 Å². The molecule has 0 saturated carbocycles. The molecule has 0 unspecified atom stereocenters. The molecular formula is C19H26N4O4. The van der Waals surface area contributed by atoms with Gasteiger partial charge in [-0.15, -0.1) is 0 Å². The monoisotopic (exact) mass is 374 g/mol. The van der Waals surface area contributed by atoms with Crippen molar-refractivity contribution in [2.45, 2.75) is 18.9 Å². The van der Waals surface area contributed by atoms with E-state index in [2.05, 4.69) is 20.2 Å². The average molecular weight is 374 g/mol. The molecule has 1 aliphatic heterocycles. The van der Waals surface area contributed by atoms with Gasteiger partial charge in [0.25, 0.3) is 0 Å². The number of piperidine rings is 1. The molecule has 146 valence electrons. The van der Waals surface area contributed by atoms with Gasteiger partial charge in [-0.1, -0.05) is 12.1 Å². The molecule has 0 spiro atoms. The van der Waals surface area contributed by atoms with E-state index in [1.54, 1.807) is 31.6 Å². The van der Waals surface area contributed by atoms with Gasteiger partial charge in [-0.25, -0.2) is 9.78 Å². The third-order valence-corrected chi connectivity index (χ3v) is 4.46. The first-order valence-electron chi connectivity index (χ1n) is 8.95. The zero-order valence-corrected chi connectivity index (χ0v) is 15.3. The Kier molecular flexibility index (Phi) is 6.43. The lowest BCUT2D eigenvalue weighted by Gasteiger charge is -2.32. The highest BCUT2D eigenvalue weighted by Crippen LogP contribution is 2.28. The first kappa shape index (κ1) is 18.9. The van der Waals surface area contributed by atoms with Crippen LogP contribution in [0.15, 0.2) is 36.7 Å². The van der Waals surface area contributed by atoms with Gasteiger partial charge >= 0.3 is 6.09 Å². The lowest BCUT2D eigenvalue weighted by Crippen LogP contribution is -2.45. The highest BCUT2D eigenvalue weighted by molar-refractivity contribution is 5.68. The van der Waals surface area contributed by atoms with Gasteiger partial charge in [-0.05, 0) is 25.0 Å². The highest BCUT2D eigenvalue weighted by atomic mass is 16.6. The number of hydrogen-bond acceptors (Lipinski definition) is 7. The third-order valence-electron chi connectivity index (χ3n) is 4.46. The predicted molar refractivity (Wildman–Crippen MR) is 103 cm³/mol. The fraction of sp³-hybridized carbons (Fsp3) is 0.421. The number of phenols is 1. The number of methoxy groups -OCH3 is 1. The lowest BCUT2D eigenvalue weighted by molar-refractivity contribution is 0.0956. The summed E-state index contributed by atoms with van der Waals surface area (Å²) in [6, 6.07) is 7.15. The van der Waals surface area contributed by atoms with Gasteiger partial charge in [0.05, 0.1) is 24.7 Å². The van der Waals surface area contributed by atoms with Gasteiger partial charge < -0.3 is 24.8 Å².